The Balaban J connectivity index is 1.52. The molecule has 4 amide bonds. The zero-order valence-corrected chi connectivity index (χ0v) is 24.0. The maximum absolute atomic E-state index is 13.7. The fourth-order valence-electron chi connectivity index (χ4n) is 5.89. The number of benzene rings is 1. The average molecular weight is 593 g/mol. The van der Waals surface area contributed by atoms with Crippen LogP contribution in [0.25, 0.3) is 0 Å². The minimum Gasteiger partial charge on any atom is -0.508 e. The number of likely N-dealkylation sites (tertiary alicyclic amines) is 1. The number of aromatic hydroxyl groups is 1. The van der Waals surface area contributed by atoms with Crippen LogP contribution in [0.15, 0.2) is 24.3 Å². The van der Waals surface area contributed by atoms with Gasteiger partial charge in [0.2, 0.25) is 23.6 Å². The van der Waals surface area contributed by atoms with Gasteiger partial charge in [0.15, 0.2) is 0 Å². The van der Waals surface area contributed by atoms with Crippen molar-refractivity contribution in [2.75, 3.05) is 24.6 Å². The largest absolute Gasteiger partial charge is 0.508 e. The van der Waals surface area contributed by atoms with Crippen molar-refractivity contribution in [2.45, 2.75) is 69.5 Å². The number of aliphatic carboxylic acids is 1. The van der Waals surface area contributed by atoms with Crippen molar-refractivity contribution in [3.05, 3.63) is 29.8 Å². The lowest BCUT2D eigenvalue weighted by atomic mass is 9.81. The van der Waals surface area contributed by atoms with Gasteiger partial charge in [-0.25, -0.2) is 4.79 Å². The van der Waals surface area contributed by atoms with Gasteiger partial charge in [0.05, 0.1) is 5.41 Å². The van der Waals surface area contributed by atoms with Crippen molar-refractivity contribution in [3.63, 3.8) is 0 Å². The van der Waals surface area contributed by atoms with Gasteiger partial charge >= 0.3 is 5.97 Å². The summed E-state index contributed by atoms with van der Waals surface area (Å²) < 4.78 is 0. The highest BCUT2D eigenvalue weighted by Gasteiger charge is 2.44. The van der Waals surface area contributed by atoms with E-state index in [2.05, 4.69) is 16.0 Å². The molecule has 5 N–H and O–H groups in total. The lowest BCUT2D eigenvalue weighted by Gasteiger charge is -2.30. The smallest absolute Gasteiger partial charge is 0.327 e. The normalized spacial score (nSPS) is 27.6. The molecule has 11 nitrogen and oxygen atoms in total. The quantitative estimate of drug-likeness (QED) is 0.327. The van der Waals surface area contributed by atoms with Crippen molar-refractivity contribution in [1.29, 1.82) is 0 Å². The van der Waals surface area contributed by atoms with E-state index in [-0.39, 0.29) is 41.5 Å². The highest BCUT2D eigenvalue weighted by molar-refractivity contribution is 8.76. The molecule has 13 heteroatoms. The molecule has 1 aromatic rings. The third-order valence-corrected chi connectivity index (χ3v) is 10.5. The molecule has 3 aliphatic rings. The predicted molar refractivity (Wildman–Crippen MR) is 152 cm³/mol. The topological polar surface area (TPSA) is 165 Å². The molecule has 0 radical (unpaired) electrons. The van der Waals surface area contributed by atoms with Gasteiger partial charge < -0.3 is 31.1 Å². The highest BCUT2D eigenvalue weighted by Crippen LogP contribution is 2.41. The van der Waals surface area contributed by atoms with Gasteiger partial charge in [-0.3, -0.25) is 19.2 Å². The molecular formula is C27H36N4O7S2. The van der Waals surface area contributed by atoms with Crippen LogP contribution in [0.4, 0.5) is 0 Å². The Hall–Kier alpha value is -2.93. The standard InChI is InChI=1S/C27H36N4O7S2/c1-16(32)31-13-8-19(17-4-6-18(33)7-5-17)22(31)24(35)29-20-14-39-40-15-21(25(36)37)30-26(38)27(9-2-3-10-27)11-12-28-23(20)34/h4-7,19-22,33H,2-3,8-15H2,1H3,(H,28,34)(H,29,35)(H,30,38)(H,36,37)/t19-,20?,21+,22+/m1/s1. The third kappa shape index (κ3) is 6.85. The van der Waals surface area contributed by atoms with Crippen LogP contribution < -0.4 is 16.0 Å². The number of amides is 4. The monoisotopic (exact) mass is 592 g/mol. The van der Waals surface area contributed by atoms with Gasteiger partial charge in [-0.1, -0.05) is 46.6 Å². The molecule has 2 aliphatic heterocycles. The Kier molecular flexibility index (Phi) is 9.88. The molecule has 218 valence electrons. The van der Waals surface area contributed by atoms with E-state index in [0.717, 1.165) is 18.4 Å². The van der Waals surface area contributed by atoms with Crippen molar-refractivity contribution >= 4 is 51.2 Å². The summed E-state index contributed by atoms with van der Waals surface area (Å²) in [6, 6.07) is 3.74. The third-order valence-electron chi connectivity index (χ3n) is 8.13. The van der Waals surface area contributed by atoms with Gasteiger partial charge in [-0.05, 0) is 43.4 Å². The Morgan fingerprint density at radius 3 is 2.38 bits per heavy atom. The van der Waals surface area contributed by atoms with Gasteiger partial charge in [0.25, 0.3) is 0 Å². The summed E-state index contributed by atoms with van der Waals surface area (Å²) in [5.74, 6) is -2.42. The van der Waals surface area contributed by atoms with E-state index in [1.165, 1.54) is 33.4 Å². The molecule has 3 fully saturated rings. The van der Waals surface area contributed by atoms with Crippen molar-refractivity contribution in [1.82, 2.24) is 20.9 Å². The molecule has 1 aromatic carbocycles. The molecule has 4 rings (SSSR count). The van der Waals surface area contributed by atoms with Crippen molar-refractivity contribution in [2.24, 2.45) is 5.41 Å². The lowest BCUT2D eigenvalue weighted by molar-refractivity contribution is -0.143. The van der Waals surface area contributed by atoms with Gasteiger partial charge in [-0.2, -0.15) is 0 Å². The summed E-state index contributed by atoms with van der Waals surface area (Å²) in [6.45, 7) is 2.01. The molecule has 1 unspecified atom stereocenters. The number of nitrogens with zero attached hydrogens (tertiary/aromatic N) is 1. The fourth-order valence-corrected chi connectivity index (χ4v) is 8.21. The second kappa shape index (κ2) is 13.2. The fraction of sp³-hybridized carbons (Fsp3) is 0.593. The van der Waals surface area contributed by atoms with Crippen LogP contribution >= 0.6 is 21.6 Å². The number of phenols is 1. The Bertz CT molecular complexity index is 1130. The number of hydrogen-bond acceptors (Lipinski definition) is 8. The van der Waals surface area contributed by atoms with Gasteiger partial charge in [0.1, 0.15) is 23.9 Å². The number of carbonyl (C=O) groups excluding carboxylic acids is 4. The van der Waals surface area contributed by atoms with E-state index in [4.69, 9.17) is 0 Å². The number of carbonyl (C=O) groups is 5. The lowest BCUT2D eigenvalue weighted by Crippen LogP contribution is -2.55. The molecule has 2 saturated heterocycles. The second-order valence-electron chi connectivity index (χ2n) is 10.7. The maximum atomic E-state index is 13.7. The van der Waals surface area contributed by atoms with E-state index in [9.17, 15) is 34.2 Å². The van der Waals surface area contributed by atoms with E-state index < -0.39 is 41.3 Å². The Morgan fingerprint density at radius 2 is 1.73 bits per heavy atom. The number of carboxylic acids is 1. The van der Waals surface area contributed by atoms with Crippen LogP contribution in [0.5, 0.6) is 5.75 Å². The molecule has 0 aromatic heterocycles. The van der Waals surface area contributed by atoms with Crippen LogP contribution in [-0.2, 0) is 24.0 Å². The first-order valence-electron chi connectivity index (χ1n) is 13.5. The SMILES string of the molecule is CC(=O)N1CC[C@H](c2ccc(O)cc2)[C@H]1C(=O)NC1CSSC[C@@H](C(=O)O)NC(=O)C2(CCCC2)CCNC1=O. The number of rotatable bonds is 4. The van der Waals surface area contributed by atoms with Crippen molar-refractivity contribution in [3.8, 4) is 5.75 Å². The Labute approximate surface area is 241 Å². The summed E-state index contributed by atoms with van der Waals surface area (Å²) in [4.78, 5) is 65.8. The molecular weight excluding hydrogens is 556 g/mol. The summed E-state index contributed by atoms with van der Waals surface area (Å²) in [7, 11) is 2.46. The van der Waals surface area contributed by atoms with Crippen LogP contribution in [0.3, 0.4) is 0 Å². The summed E-state index contributed by atoms with van der Waals surface area (Å²) >= 11 is 0. The number of hydrogen-bond donors (Lipinski definition) is 5. The number of phenolic OH excluding ortho intramolecular Hbond substituents is 1. The summed E-state index contributed by atoms with van der Waals surface area (Å²) in [6.07, 6.45) is 3.91. The maximum Gasteiger partial charge on any atom is 0.327 e. The Morgan fingerprint density at radius 1 is 1.05 bits per heavy atom. The van der Waals surface area contributed by atoms with Crippen LogP contribution in [0.2, 0.25) is 0 Å². The van der Waals surface area contributed by atoms with Crippen LogP contribution in [-0.4, -0.2) is 87.4 Å². The van der Waals surface area contributed by atoms with E-state index in [0.29, 0.717) is 32.2 Å². The predicted octanol–water partition coefficient (Wildman–Crippen LogP) is 1.61. The van der Waals surface area contributed by atoms with Gasteiger partial charge in [-0.15, -0.1) is 0 Å². The van der Waals surface area contributed by atoms with Crippen molar-refractivity contribution < 1.29 is 34.2 Å². The van der Waals surface area contributed by atoms with E-state index >= 15 is 0 Å². The molecule has 40 heavy (non-hydrogen) atoms. The van der Waals surface area contributed by atoms with E-state index in [1.54, 1.807) is 24.3 Å². The van der Waals surface area contributed by atoms with Crippen LogP contribution in [0.1, 0.15) is 56.9 Å². The zero-order chi connectivity index (χ0) is 28.9. The molecule has 4 atom stereocenters. The molecule has 0 bridgehead atoms. The first-order valence-corrected chi connectivity index (χ1v) is 16.0. The first kappa shape index (κ1) is 30.0. The van der Waals surface area contributed by atoms with E-state index in [1.807, 2.05) is 0 Å². The number of nitrogens with one attached hydrogen (secondary N) is 3. The highest BCUT2D eigenvalue weighted by atomic mass is 33.1. The average Bonchev–Trinajstić information content (AvgIpc) is 3.58. The second-order valence-corrected chi connectivity index (χ2v) is 13.2. The molecule has 1 saturated carbocycles. The molecule has 1 spiro atoms. The molecule has 1 aliphatic carbocycles. The minimum atomic E-state index is -1.12. The minimum absolute atomic E-state index is 0.0998. The number of carboxylic acid groups (broad SMARTS) is 1. The van der Waals surface area contributed by atoms with Crippen LogP contribution in [0, 0.1) is 5.41 Å². The summed E-state index contributed by atoms with van der Waals surface area (Å²) in [5, 5.41) is 27.8. The zero-order valence-electron chi connectivity index (χ0n) is 22.4. The van der Waals surface area contributed by atoms with Gasteiger partial charge in [0, 0.05) is 37.4 Å². The first-order chi connectivity index (χ1) is 19.1. The summed E-state index contributed by atoms with van der Waals surface area (Å²) in [5.41, 5.74) is 0.0826. The molecule has 2 heterocycles.